The van der Waals surface area contributed by atoms with Crippen LogP contribution in [0.25, 0.3) is 33.2 Å². The van der Waals surface area contributed by atoms with E-state index in [2.05, 4.69) is 39.0 Å². The zero-order valence-electron chi connectivity index (χ0n) is 22.0. The largest absolute Gasteiger partial charge is 0.493 e. The molecular weight excluding hydrogens is 539 g/mol. The maximum Gasteiger partial charge on any atom is 0.179 e. The molecule has 39 heavy (non-hydrogen) atoms. The van der Waals surface area contributed by atoms with Gasteiger partial charge in [-0.1, -0.05) is 23.2 Å². The molecular formula is C27H28Cl2N8O2. The molecule has 0 saturated carbocycles. The summed E-state index contributed by atoms with van der Waals surface area (Å²) in [7, 11) is 3.19. The minimum atomic E-state index is 0.322. The van der Waals surface area contributed by atoms with E-state index in [4.69, 9.17) is 42.8 Å². The van der Waals surface area contributed by atoms with Crippen molar-refractivity contribution in [2.75, 3.05) is 32.2 Å². The molecule has 202 valence electrons. The number of ether oxygens (including phenoxy) is 2. The third-order valence-corrected chi connectivity index (χ3v) is 7.40. The van der Waals surface area contributed by atoms with Gasteiger partial charge in [0.05, 0.1) is 31.3 Å². The maximum absolute atomic E-state index is 6.75. The Morgan fingerprint density at radius 1 is 1.00 bits per heavy atom. The summed E-state index contributed by atoms with van der Waals surface area (Å²) in [6.45, 7) is 6.42. The molecule has 5 aromatic rings. The molecule has 1 fully saturated rings. The van der Waals surface area contributed by atoms with Crippen LogP contribution in [0.1, 0.15) is 19.7 Å². The summed E-state index contributed by atoms with van der Waals surface area (Å²) in [5.41, 5.74) is 3.80. The predicted octanol–water partition coefficient (Wildman–Crippen LogP) is 4.93. The monoisotopic (exact) mass is 566 g/mol. The average Bonchev–Trinajstić information content (AvgIpc) is 3.50. The summed E-state index contributed by atoms with van der Waals surface area (Å²) in [6.07, 6.45) is 3.87. The fraction of sp³-hybridized carbons (Fsp3) is 0.333. The molecule has 5 heterocycles. The average molecular weight is 567 g/mol. The highest BCUT2D eigenvalue weighted by atomic mass is 35.5. The highest BCUT2D eigenvalue weighted by Gasteiger charge is 2.26. The number of hydrogen-bond donors (Lipinski definition) is 2. The van der Waals surface area contributed by atoms with Crippen LogP contribution in [-0.2, 0) is 6.54 Å². The minimum absolute atomic E-state index is 0.322. The van der Waals surface area contributed by atoms with Crippen molar-refractivity contribution < 1.29 is 9.47 Å². The van der Waals surface area contributed by atoms with Crippen LogP contribution >= 0.6 is 23.2 Å². The lowest BCUT2D eigenvalue weighted by molar-refractivity contribution is 0.355. The molecule has 0 amide bonds. The normalized spacial score (nSPS) is 17.7. The number of hydrogen-bond acceptors (Lipinski definition) is 8. The lowest BCUT2D eigenvalue weighted by atomic mass is 10.0. The van der Waals surface area contributed by atoms with Crippen molar-refractivity contribution in [3.05, 3.63) is 52.7 Å². The van der Waals surface area contributed by atoms with E-state index in [0.29, 0.717) is 46.0 Å². The molecule has 0 bridgehead atoms. The Morgan fingerprint density at radius 2 is 1.74 bits per heavy atom. The second-order valence-corrected chi connectivity index (χ2v) is 10.6. The van der Waals surface area contributed by atoms with Crippen LogP contribution in [0.5, 0.6) is 11.5 Å². The lowest BCUT2D eigenvalue weighted by Crippen LogP contribution is -2.54. The molecule has 1 saturated heterocycles. The van der Waals surface area contributed by atoms with Gasteiger partial charge in [-0.15, -0.1) is 0 Å². The number of H-pyrrole nitrogens is 1. The number of pyridine rings is 2. The van der Waals surface area contributed by atoms with E-state index < -0.39 is 0 Å². The van der Waals surface area contributed by atoms with Gasteiger partial charge in [-0.3, -0.25) is 4.68 Å². The molecule has 4 aromatic heterocycles. The first-order valence-electron chi connectivity index (χ1n) is 12.6. The number of nitrogens with one attached hydrogen (secondary N) is 2. The third kappa shape index (κ3) is 4.84. The van der Waals surface area contributed by atoms with Crippen LogP contribution in [0.4, 0.5) is 5.82 Å². The second kappa shape index (κ2) is 10.2. The first-order valence-corrected chi connectivity index (χ1v) is 13.4. The van der Waals surface area contributed by atoms with Crippen LogP contribution in [0.15, 0.2) is 36.7 Å². The fourth-order valence-electron chi connectivity index (χ4n) is 5.28. The van der Waals surface area contributed by atoms with Crippen molar-refractivity contribution in [2.24, 2.45) is 0 Å². The number of piperazine rings is 1. The lowest BCUT2D eigenvalue weighted by Gasteiger charge is -2.37. The minimum Gasteiger partial charge on any atom is -0.493 e. The number of imidazole rings is 1. The highest BCUT2D eigenvalue weighted by Crippen LogP contribution is 2.41. The van der Waals surface area contributed by atoms with Gasteiger partial charge >= 0.3 is 0 Å². The SMILES string of the molecule is COc1cc(Cl)c(-c2cnc(N3CC(C)NC(C)C3)c3nn(Cc4nc5nc(Cl)ccc5[nH]4)cc23)cc1OC. The molecule has 1 aliphatic rings. The Bertz CT molecular complexity index is 1670. The van der Waals surface area contributed by atoms with Gasteiger partial charge in [0.1, 0.15) is 16.5 Å². The first kappa shape index (κ1) is 25.7. The number of nitrogens with zero attached hydrogens (tertiary/aromatic N) is 6. The van der Waals surface area contributed by atoms with Gasteiger partial charge in [-0.25, -0.2) is 15.0 Å². The summed E-state index contributed by atoms with van der Waals surface area (Å²) < 4.78 is 12.9. The Morgan fingerprint density at radius 3 is 2.49 bits per heavy atom. The molecule has 1 aromatic carbocycles. The van der Waals surface area contributed by atoms with Crippen molar-refractivity contribution in [2.45, 2.75) is 32.5 Å². The number of rotatable bonds is 6. The van der Waals surface area contributed by atoms with E-state index in [0.717, 1.165) is 52.3 Å². The van der Waals surface area contributed by atoms with Gasteiger partial charge in [-0.2, -0.15) is 5.10 Å². The maximum atomic E-state index is 6.75. The topological polar surface area (TPSA) is 106 Å². The molecule has 10 nitrogen and oxygen atoms in total. The number of fused-ring (bicyclic) bond motifs is 2. The molecule has 12 heteroatoms. The standard InChI is InChI=1S/C27H28Cl2N8O2/c1-14-10-36(11-15(2)31-14)27-25-18(17(9-30-27)16-7-21(38-3)22(39-4)8-19(16)28)12-37(35-25)13-24-32-20-5-6-23(29)33-26(20)34-24/h5-9,12,14-15,31H,10-11,13H2,1-4H3,(H,32,33,34). The highest BCUT2D eigenvalue weighted by molar-refractivity contribution is 6.34. The van der Waals surface area contributed by atoms with Crippen molar-refractivity contribution in [3.8, 4) is 22.6 Å². The molecule has 1 aliphatic heterocycles. The van der Waals surface area contributed by atoms with Gasteiger partial charge < -0.3 is 24.7 Å². The molecule has 2 N–H and O–H groups in total. The van der Waals surface area contributed by atoms with Crippen molar-refractivity contribution in [1.29, 1.82) is 0 Å². The summed E-state index contributed by atoms with van der Waals surface area (Å²) in [5, 5.41) is 10.4. The van der Waals surface area contributed by atoms with Crippen LogP contribution in [-0.4, -0.2) is 69.1 Å². The molecule has 0 spiro atoms. The molecule has 0 radical (unpaired) electrons. The van der Waals surface area contributed by atoms with Crippen molar-refractivity contribution in [1.82, 2.24) is 35.0 Å². The van der Waals surface area contributed by atoms with Gasteiger partial charge in [0, 0.05) is 60.1 Å². The zero-order chi connectivity index (χ0) is 27.3. The van der Waals surface area contributed by atoms with E-state index in [-0.39, 0.29) is 0 Å². The Kier molecular flexibility index (Phi) is 6.70. The van der Waals surface area contributed by atoms with Gasteiger partial charge in [0.2, 0.25) is 0 Å². The quantitative estimate of drug-likeness (QED) is 0.279. The Labute approximate surface area is 235 Å². The van der Waals surface area contributed by atoms with Gasteiger partial charge in [-0.05, 0) is 32.0 Å². The Balaban J connectivity index is 1.49. The molecule has 2 atom stereocenters. The van der Waals surface area contributed by atoms with Crippen LogP contribution < -0.4 is 19.7 Å². The van der Waals surface area contributed by atoms with Crippen molar-refractivity contribution >= 4 is 51.1 Å². The number of methoxy groups -OCH3 is 2. The summed E-state index contributed by atoms with van der Waals surface area (Å²) >= 11 is 12.8. The van der Waals surface area contributed by atoms with Crippen LogP contribution in [0, 0.1) is 0 Å². The number of halogens is 2. The fourth-order valence-corrected chi connectivity index (χ4v) is 5.67. The zero-order valence-corrected chi connectivity index (χ0v) is 23.5. The van der Waals surface area contributed by atoms with Gasteiger partial charge in [0.15, 0.2) is 23.0 Å². The number of benzene rings is 1. The van der Waals surface area contributed by atoms with E-state index in [1.54, 1.807) is 26.4 Å². The van der Waals surface area contributed by atoms with E-state index >= 15 is 0 Å². The van der Waals surface area contributed by atoms with E-state index in [1.807, 2.05) is 29.2 Å². The summed E-state index contributed by atoms with van der Waals surface area (Å²) in [5.74, 6) is 2.70. The van der Waals surface area contributed by atoms with E-state index in [1.165, 1.54) is 0 Å². The molecule has 2 unspecified atom stereocenters. The first-order chi connectivity index (χ1) is 18.8. The predicted molar refractivity (Wildman–Crippen MR) is 153 cm³/mol. The van der Waals surface area contributed by atoms with Crippen LogP contribution in [0.3, 0.4) is 0 Å². The molecule has 6 rings (SSSR count). The Hall–Kier alpha value is -3.60. The molecule has 0 aliphatic carbocycles. The van der Waals surface area contributed by atoms with Gasteiger partial charge in [0.25, 0.3) is 0 Å². The van der Waals surface area contributed by atoms with Crippen LogP contribution in [0.2, 0.25) is 10.2 Å². The summed E-state index contributed by atoms with van der Waals surface area (Å²) in [4.78, 5) is 19.4. The van der Waals surface area contributed by atoms with Crippen molar-refractivity contribution in [3.63, 3.8) is 0 Å². The van der Waals surface area contributed by atoms with E-state index in [9.17, 15) is 0 Å². The third-order valence-electron chi connectivity index (χ3n) is 6.87. The number of aromatic nitrogens is 6. The summed E-state index contributed by atoms with van der Waals surface area (Å²) in [6, 6.07) is 7.88. The second-order valence-electron chi connectivity index (χ2n) is 9.83. The smallest absolute Gasteiger partial charge is 0.179 e. The number of anilines is 1. The number of aromatic amines is 1.